The molecule has 182 valence electrons. The quantitative estimate of drug-likeness (QED) is 0.244. The molecule has 2 N–H and O–H groups in total. The number of esters is 1. The van der Waals surface area contributed by atoms with Gasteiger partial charge in [0, 0.05) is 25.2 Å². The Kier molecular flexibility index (Phi) is 7.99. The molecule has 14 heteroatoms. The Morgan fingerprint density at radius 3 is 2.34 bits per heavy atom. The summed E-state index contributed by atoms with van der Waals surface area (Å²) in [6, 6.07) is 10.3. The summed E-state index contributed by atoms with van der Waals surface area (Å²) in [5.74, 6) is -2.11. The number of nitrogens with one attached hydrogen (secondary N) is 2. The monoisotopic (exact) mass is 501 g/mol. The van der Waals surface area contributed by atoms with Crippen molar-refractivity contribution >= 4 is 46.5 Å². The molecular formula is C21H19N5O8S. The normalized spacial score (nSPS) is 15.0. The van der Waals surface area contributed by atoms with Crippen molar-refractivity contribution < 1.29 is 29.0 Å². The first-order valence-corrected chi connectivity index (χ1v) is 10.6. The molecule has 1 heterocycles. The van der Waals surface area contributed by atoms with E-state index in [0.717, 1.165) is 23.8 Å². The van der Waals surface area contributed by atoms with Gasteiger partial charge in [-0.05, 0) is 17.8 Å². The van der Waals surface area contributed by atoms with Crippen LogP contribution in [0, 0.1) is 20.2 Å². The van der Waals surface area contributed by atoms with Crippen LogP contribution in [0.4, 0.5) is 11.4 Å². The summed E-state index contributed by atoms with van der Waals surface area (Å²) >= 11 is 5.24. The molecule has 13 nitrogen and oxygen atoms in total. The van der Waals surface area contributed by atoms with Crippen LogP contribution in [0.15, 0.2) is 48.5 Å². The Balaban J connectivity index is 1.70. The van der Waals surface area contributed by atoms with Crippen LogP contribution in [0.2, 0.25) is 0 Å². The number of hydrogen-bond acceptors (Lipinski definition) is 9. The largest absolute Gasteiger partial charge is 0.461 e. The minimum Gasteiger partial charge on any atom is -0.461 e. The van der Waals surface area contributed by atoms with Crippen molar-refractivity contribution in [3.8, 4) is 0 Å². The molecule has 1 aliphatic heterocycles. The van der Waals surface area contributed by atoms with Crippen LogP contribution in [0.1, 0.15) is 22.3 Å². The first kappa shape index (κ1) is 25.2. The van der Waals surface area contributed by atoms with Crippen LogP contribution in [0.5, 0.6) is 0 Å². The number of thiocarbonyl (C=S) groups is 1. The molecule has 2 amide bonds. The highest BCUT2D eigenvalue weighted by molar-refractivity contribution is 7.80. The van der Waals surface area contributed by atoms with Gasteiger partial charge in [0.05, 0.1) is 27.9 Å². The standard InChI is InChI=1S/C21H19N5O8S/c27-18(34-12-13-4-2-1-3-5-13)11-17-20(29)22-6-7-24(17)21(35)23-19(28)14-8-15(25(30)31)10-16(9-14)26(32)33/h1-5,8-10,17H,6-7,11-12H2,(H,22,29)(H,23,28,35). The molecule has 1 atom stereocenters. The minimum atomic E-state index is -1.07. The lowest BCUT2D eigenvalue weighted by molar-refractivity contribution is -0.394. The first-order valence-electron chi connectivity index (χ1n) is 10.2. The second-order valence-electron chi connectivity index (χ2n) is 7.36. The molecule has 2 aromatic rings. The van der Waals surface area contributed by atoms with Crippen molar-refractivity contribution in [2.45, 2.75) is 19.1 Å². The predicted octanol–water partition coefficient (Wildman–Crippen LogP) is 1.45. The maximum Gasteiger partial charge on any atom is 0.308 e. The van der Waals surface area contributed by atoms with Crippen LogP contribution in [-0.2, 0) is 20.9 Å². The molecule has 0 spiro atoms. The van der Waals surface area contributed by atoms with E-state index in [1.807, 2.05) is 6.07 Å². The molecule has 1 unspecified atom stereocenters. The molecule has 0 radical (unpaired) electrons. The molecule has 0 aromatic heterocycles. The van der Waals surface area contributed by atoms with Crippen LogP contribution in [0.25, 0.3) is 0 Å². The van der Waals surface area contributed by atoms with Crippen molar-refractivity contribution in [2.24, 2.45) is 0 Å². The van der Waals surface area contributed by atoms with Crippen LogP contribution in [0.3, 0.4) is 0 Å². The second-order valence-corrected chi connectivity index (χ2v) is 7.75. The maximum atomic E-state index is 12.7. The van der Waals surface area contributed by atoms with E-state index in [0.29, 0.717) is 0 Å². The van der Waals surface area contributed by atoms with E-state index in [-0.39, 0.29) is 36.8 Å². The number of amides is 2. The Morgan fingerprint density at radius 2 is 1.74 bits per heavy atom. The van der Waals surface area contributed by atoms with Crippen molar-refractivity contribution in [2.75, 3.05) is 13.1 Å². The number of rotatable bonds is 7. The number of benzene rings is 2. The summed E-state index contributed by atoms with van der Waals surface area (Å²) in [6.45, 7) is 0.365. The number of carbonyl (C=O) groups is 3. The molecule has 1 saturated heterocycles. The summed E-state index contributed by atoms with van der Waals surface area (Å²) < 4.78 is 5.22. The molecule has 0 bridgehead atoms. The number of piperazine rings is 1. The molecule has 3 rings (SSSR count). The van der Waals surface area contributed by atoms with Gasteiger partial charge in [-0.25, -0.2) is 0 Å². The number of carbonyl (C=O) groups excluding carboxylic acids is 3. The highest BCUT2D eigenvalue weighted by Gasteiger charge is 2.34. The van der Waals surface area contributed by atoms with Crippen LogP contribution < -0.4 is 10.6 Å². The number of nitrogens with zero attached hydrogens (tertiary/aromatic N) is 3. The van der Waals surface area contributed by atoms with E-state index in [4.69, 9.17) is 17.0 Å². The molecule has 2 aromatic carbocycles. The molecule has 0 saturated carbocycles. The lowest BCUT2D eigenvalue weighted by Crippen LogP contribution is -2.60. The Morgan fingerprint density at radius 1 is 1.11 bits per heavy atom. The summed E-state index contributed by atoms with van der Waals surface area (Å²) in [5, 5.41) is 26.9. The Hall–Kier alpha value is -4.46. The van der Waals surface area contributed by atoms with Gasteiger partial charge in [-0.15, -0.1) is 0 Å². The fraction of sp³-hybridized carbons (Fsp3) is 0.238. The Bertz CT molecular complexity index is 1160. The maximum absolute atomic E-state index is 12.7. The van der Waals surface area contributed by atoms with Crippen molar-refractivity contribution in [3.05, 3.63) is 79.9 Å². The molecule has 0 aliphatic carbocycles. The summed E-state index contributed by atoms with van der Waals surface area (Å²) in [4.78, 5) is 59.2. The van der Waals surface area contributed by atoms with Gasteiger partial charge in [0.25, 0.3) is 17.3 Å². The number of non-ortho nitro benzene ring substituents is 2. The zero-order valence-electron chi connectivity index (χ0n) is 18.0. The lowest BCUT2D eigenvalue weighted by Gasteiger charge is -2.36. The highest BCUT2D eigenvalue weighted by Crippen LogP contribution is 2.23. The van der Waals surface area contributed by atoms with Crippen molar-refractivity contribution in [1.82, 2.24) is 15.5 Å². The van der Waals surface area contributed by atoms with Gasteiger partial charge < -0.3 is 15.0 Å². The fourth-order valence-electron chi connectivity index (χ4n) is 3.29. The number of ether oxygens (including phenoxy) is 1. The zero-order valence-corrected chi connectivity index (χ0v) is 18.9. The SMILES string of the molecule is O=C(CC1C(=O)NCCN1C(=S)NC(=O)c1cc([N+](=O)[O-])cc([N+](=O)[O-])c1)OCc1ccccc1. The predicted molar refractivity (Wildman–Crippen MR) is 124 cm³/mol. The molecule has 1 aliphatic rings. The summed E-state index contributed by atoms with van der Waals surface area (Å²) in [7, 11) is 0. The number of nitro groups is 2. The summed E-state index contributed by atoms with van der Waals surface area (Å²) in [5.41, 5.74) is -0.897. The van der Waals surface area contributed by atoms with Crippen LogP contribution in [-0.4, -0.2) is 56.8 Å². The topological polar surface area (TPSA) is 174 Å². The van der Waals surface area contributed by atoms with E-state index >= 15 is 0 Å². The van der Waals surface area contributed by atoms with E-state index in [1.165, 1.54) is 4.90 Å². The first-order chi connectivity index (χ1) is 16.7. The second kappa shape index (κ2) is 11.1. The number of hydrogen-bond donors (Lipinski definition) is 2. The van der Waals surface area contributed by atoms with E-state index in [2.05, 4.69) is 10.6 Å². The van der Waals surface area contributed by atoms with Crippen molar-refractivity contribution in [1.29, 1.82) is 0 Å². The zero-order chi connectivity index (χ0) is 25.5. The minimum absolute atomic E-state index is 0.0146. The van der Waals surface area contributed by atoms with E-state index in [9.17, 15) is 34.6 Å². The van der Waals surface area contributed by atoms with Gasteiger partial charge in [0.2, 0.25) is 5.91 Å². The molecule has 35 heavy (non-hydrogen) atoms. The van der Waals surface area contributed by atoms with Gasteiger partial charge in [0.1, 0.15) is 12.6 Å². The fourth-order valence-corrected chi connectivity index (χ4v) is 3.60. The van der Waals surface area contributed by atoms with Crippen LogP contribution >= 0.6 is 12.2 Å². The number of nitro benzene ring substituents is 2. The van der Waals surface area contributed by atoms with E-state index < -0.39 is 45.0 Å². The average Bonchev–Trinajstić information content (AvgIpc) is 2.84. The lowest BCUT2D eigenvalue weighted by atomic mass is 10.1. The molecular weight excluding hydrogens is 482 g/mol. The van der Waals surface area contributed by atoms with Crippen molar-refractivity contribution in [3.63, 3.8) is 0 Å². The molecule has 1 fully saturated rings. The highest BCUT2D eigenvalue weighted by atomic mass is 32.1. The smallest absolute Gasteiger partial charge is 0.308 e. The van der Waals surface area contributed by atoms with Gasteiger partial charge in [-0.1, -0.05) is 30.3 Å². The van der Waals surface area contributed by atoms with Gasteiger partial charge in [0.15, 0.2) is 5.11 Å². The van der Waals surface area contributed by atoms with Gasteiger partial charge in [-0.2, -0.15) is 0 Å². The third-order valence-corrected chi connectivity index (χ3v) is 5.34. The average molecular weight is 501 g/mol. The third kappa shape index (κ3) is 6.54. The van der Waals surface area contributed by atoms with Gasteiger partial charge in [-0.3, -0.25) is 39.9 Å². The third-order valence-electron chi connectivity index (χ3n) is 5.00. The van der Waals surface area contributed by atoms with Gasteiger partial charge >= 0.3 is 5.97 Å². The van der Waals surface area contributed by atoms with E-state index in [1.54, 1.807) is 24.3 Å². The summed E-state index contributed by atoms with van der Waals surface area (Å²) in [6.07, 6.45) is -0.350. The Labute approximate surface area is 203 Å².